The molecule has 1 unspecified atom stereocenters. The Morgan fingerprint density at radius 1 is 1.44 bits per heavy atom. The molecule has 4 heteroatoms. The molecule has 1 aromatic carbocycles. The summed E-state index contributed by atoms with van der Waals surface area (Å²) in [6.45, 7) is 6.61. The number of anilines is 1. The van der Waals surface area contributed by atoms with Gasteiger partial charge in [0.15, 0.2) is 0 Å². The Morgan fingerprint density at radius 3 is 2.61 bits per heavy atom. The molecule has 1 atom stereocenters. The molecule has 0 fully saturated rings. The maximum absolute atomic E-state index is 12.1. The van der Waals surface area contributed by atoms with E-state index in [0.29, 0.717) is 23.7 Å². The van der Waals surface area contributed by atoms with Crippen LogP contribution in [-0.2, 0) is 0 Å². The van der Waals surface area contributed by atoms with E-state index in [1.807, 2.05) is 6.92 Å². The number of benzene rings is 1. The molecular weight excluding hydrogens is 226 g/mol. The molecule has 0 aliphatic rings. The molecular formula is C14H23N3O. The first-order valence-corrected chi connectivity index (χ1v) is 6.24. The minimum absolute atomic E-state index is 0.129. The third-order valence-electron chi connectivity index (χ3n) is 2.87. The Kier molecular flexibility index (Phi) is 4.73. The standard InChI is InChI=1S/C14H23N3O/c1-10(2)8-14(3,9-15)17-13(18)11-5-4-6-12(16)7-11/h4-7,10H,8-9,15-16H2,1-3H3,(H,17,18). The number of amides is 1. The summed E-state index contributed by atoms with van der Waals surface area (Å²) < 4.78 is 0. The molecule has 0 bridgehead atoms. The average molecular weight is 249 g/mol. The van der Waals surface area contributed by atoms with Crippen LogP contribution in [0.15, 0.2) is 24.3 Å². The third kappa shape index (κ3) is 4.04. The van der Waals surface area contributed by atoms with Gasteiger partial charge in [0.25, 0.3) is 5.91 Å². The first-order chi connectivity index (χ1) is 8.36. The molecule has 18 heavy (non-hydrogen) atoms. The molecule has 0 heterocycles. The van der Waals surface area contributed by atoms with Gasteiger partial charge in [0, 0.05) is 23.3 Å². The quantitative estimate of drug-likeness (QED) is 0.695. The molecule has 0 aromatic heterocycles. The smallest absolute Gasteiger partial charge is 0.251 e. The number of hydrogen-bond donors (Lipinski definition) is 3. The molecule has 4 nitrogen and oxygen atoms in total. The summed E-state index contributed by atoms with van der Waals surface area (Å²) >= 11 is 0. The highest BCUT2D eigenvalue weighted by molar-refractivity contribution is 5.95. The van der Waals surface area contributed by atoms with Crippen molar-refractivity contribution in [3.05, 3.63) is 29.8 Å². The van der Waals surface area contributed by atoms with Gasteiger partial charge >= 0.3 is 0 Å². The first kappa shape index (κ1) is 14.5. The van der Waals surface area contributed by atoms with Crippen molar-refractivity contribution in [1.29, 1.82) is 0 Å². The van der Waals surface area contributed by atoms with Crippen molar-refractivity contribution in [2.24, 2.45) is 11.7 Å². The number of rotatable bonds is 5. The van der Waals surface area contributed by atoms with Crippen LogP contribution in [-0.4, -0.2) is 18.0 Å². The molecule has 5 N–H and O–H groups in total. The summed E-state index contributed by atoms with van der Waals surface area (Å²) in [5.74, 6) is 0.343. The highest BCUT2D eigenvalue weighted by Crippen LogP contribution is 2.16. The zero-order valence-corrected chi connectivity index (χ0v) is 11.4. The van der Waals surface area contributed by atoms with Gasteiger partial charge in [-0.2, -0.15) is 0 Å². The van der Waals surface area contributed by atoms with Gasteiger partial charge < -0.3 is 16.8 Å². The van der Waals surface area contributed by atoms with Gasteiger partial charge in [0.1, 0.15) is 0 Å². The fourth-order valence-electron chi connectivity index (χ4n) is 2.11. The lowest BCUT2D eigenvalue weighted by atomic mass is 9.90. The number of nitrogens with one attached hydrogen (secondary N) is 1. The van der Waals surface area contributed by atoms with Crippen LogP contribution in [0.25, 0.3) is 0 Å². The molecule has 100 valence electrons. The maximum Gasteiger partial charge on any atom is 0.251 e. The lowest BCUT2D eigenvalue weighted by Gasteiger charge is -2.31. The zero-order chi connectivity index (χ0) is 13.8. The number of carbonyl (C=O) groups is 1. The van der Waals surface area contributed by atoms with Crippen molar-refractivity contribution in [2.75, 3.05) is 12.3 Å². The highest BCUT2D eigenvalue weighted by Gasteiger charge is 2.26. The number of hydrogen-bond acceptors (Lipinski definition) is 3. The minimum atomic E-state index is -0.379. The van der Waals surface area contributed by atoms with E-state index in [0.717, 1.165) is 6.42 Å². The van der Waals surface area contributed by atoms with Crippen LogP contribution in [0.2, 0.25) is 0 Å². The summed E-state index contributed by atoms with van der Waals surface area (Å²) in [5, 5.41) is 3.00. The predicted octanol–water partition coefficient (Wildman–Crippen LogP) is 1.76. The summed E-state index contributed by atoms with van der Waals surface area (Å²) in [4.78, 5) is 12.1. The van der Waals surface area contributed by atoms with E-state index in [-0.39, 0.29) is 11.4 Å². The molecule has 0 saturated carbocycles. The van der Waals surface area contributed by atoms with Crippen molar-refractivity contribution >= 4 is 11.6 Å². The van der Waals surface area contributed by atoms with Crippen LogP contribution >= 0.6 is 0 Å². The number of nitrogens with two attached hydrogens (primary N) is 2. The van der Waals surface area contributed by atoms with Crippen LogP contribution in [0.5, 0.6) is 0 Å². The Labute approximate surface area is 109 Å². The van der Waals surface area contributed by atoms with Crippen molar-refractivity contribution in [1.82, 2.24) is 5.32 Å². The van der Waals surface area contributed by atoms with Crippen molar-refractivity contribution < 1.29 is 4.79 Å². The van der Waals surface area contributed by atoms with Gasteiger partial charge in [0.05, 0.1) is 0 Å². The van der Waals surface area contributed by atoms with Crippen molar-refractivity contribution in [3.63, 3.8) is 0 Å². The van der Waals surface area contributed by atoms with E-state index in [9.17, 15) is 4.79 Å². The Bertz CT molecular complexity index is 417. The lowest BCUT2D eigenvalue weighted by Crippen LogP contribution is -2.52. The summed E-state index contributed by atoms with van der Waals surface area (Å²) in [6.07, 6.45) is 0.845. The largest absolute Gasteiger partial charge is 0.399 e. The Hall–Kier alpha value is -1.55. The summed E-state index contributed by atoms with van der Waals surface area (Å²) in [5.41, 5.74) is 12.2. The lowest BCUT2D eigenvalue weighted by molar-refractivity contribution is 0.0898. The van der Waals surface area contributed by atoms with Crippen molar-refractivity contribution in [2.45, 2.75) is 32.7 Å². The average Bonchev–Trinajstić information content (AvgIpc) is 2.27. The van der Waals surface area contributed by atoms with E-state index < -0.39 is 0 Å². The second kappa shape index (κ2) is 5.87. The second-order valence-electron chi connectivity index (χ2n) is 5.44. The van der Waals surface area contributed by atoms with Crippen LogP contribution in [0.3, 0.4) is 0 Å². The maximum atomic E-state index is 12.1. The molecule has 0 aliphatic carbocycles. The Morgan fingerprint density at radius 2 is 2.11 bits per heavy atom. The van der Waals surface area contributed by atoms with Crippen LogP contribution in [0.1, 0.15) is 37.6 Å². The number of carbonyl (C=O) groups excluding carboxylic acids is 1. The molecule has 0 spiro atoms. The van der Waals surface area contributed by atoms with Gasteiger partial charge in [-0.15, -0.1) is 0 Å². The topological polar surface area (TPSA) is 81.1 Å². The molecule has 1 aromatic rings. The van der Waals surface area contributed by atoms with E-state index >= 15 is 0 Å². The molecule has 0 saturated heterocycles. The fraction of sp³-hybridized carbons (Fsp3) is 0.500. The monoisotopic (exact) mass is 249 g/mol. The van der Waals surface area contributed by atoms with Crippen LogP contribution in [0.4, 0.5) is 5.69 Å². The van der Waals surface area contributed by atoms with Crippen LogP contribution in [0, 0.1) is 5.92 Å². The van der Waals surface area contributed by atoms with E-state index in [4.69, 9.17) is 11.5 Å². The number of nitrogen functional groups attached to an aromatic ring is 1. The molecule has 1 rings (SSSR count). The fourth-order valence-corrected chi connectivity index (χ4v) is 2.11. The normalized spacial score (nSPS) is 14.3. The van der Waals surface area contributed by atoms with Crippen molar-refractivity contribution in [3.8, 4) is 0 Å². The summed E-state index contributed by atoms with van der Waals surface area (Å²) in [7, 11) is 0. The summed E-state index contributed by atoms with van der Waals surface area (Å²) in [6, 6.07) is 6.94. The minimum Gasteiger partial charge on any atom is -0.399 e. The molecule has 1 amide bonds. The first-order valence-electron chi connectivity index (χ1n) is 6.24. The zero-order valence-electron chi connectivity index (χ0n) is 11.4. The highest BCUT2D eigenvalue weighted by atomic mass is 16.1. The van der Waals surface area contributed by atoms with E-state index in [2.05, 4.69) is 19.2 Å². The van der Waals surface area contributed by atoms with Gasteiger partial charge in [-0.05, 0) is 37.5 Å². The van der Waals surface area contributed by atoms with E-state index in [1.165, 1.54) is 0 Å². The predicted molar refractivity (Wildman–Crippen MR) is 75.2 cm³/mol. The van der Waals surface area contributed by atoms with Gasteiger partial charge in [-0.25, -0.2) is 0 Å². The van der Waals surface area contributed by atoms with Gasteiger partial charge in [-0.3, -0.25) is 4.79 Å². The van der Waals surface area contributed by atoms with Crippen LogP contribution < -0.4 is 16.8 Å². The molecule has 0 aliphatic heterocycles. The SMILES string of the molecule is CC(C)CC(C)(CN)NC(=O)c1cccc(N)c1. The van der Waals surface area contributed by atoms with E-state index in [1.54, 1.807) is 24.3 Å². The van der Waals surface area contributed by atoms with Gasteiger partial charge in [0.2, 0.25) is 0 Å². The van der Waals surface area contributed by atoms with Gasteiger partial charge in [-0.1, -0.05) is 19.9 Å². The molecule has 0 radical (unpaired) electrons. The Balaban J connectivity index is 2.79. The third-order valence-corrected chi connectivity index (χ3v) is 2.87. The second-order valence-corrected chi connectivity index (χ2v) is 5.44.